The van der Waals surface area contributed by atoms with Gasteiger partial charge in [-0.25, -0.2) is 8.78 Å². The zero-order valence-corrected chi connectivity index (χ0v) is 10.4. The quantitative estimate of drug-likeness (QED) is 0.828. The Hall–Kier alpha value is -0.970. The van der Waals surface area contributed by atoms with Crippen LogP contribution in [0.15, 0.2) is 12.1 Å². The first-order valence-corrected chi connectivity index (χ1v) is 6.33. The molecular weight excluding hydrogens is 230 g/mol. The highest BCUT2D eigenvalue weighted by molar-refractivity contribution is 7.98. The summed E-state index contributed by atoms with van der Waals surface area (Å²) in [7, 11) is 1.72. The molecule has 1 atom stereocenters. The van der Waals surface area contributed by atoms with E-state index in [9.17, 15) is 8.78 Å². The van der Waals surface area contributed by atoms with E-state index in [4.69, 9.17) is 5.73 Å². The van der Waals surface area contributed by atoms with Crippen molar-refractivity contribution < 1.29 is 8.78 Å². The molecule has 0 aliphatic heterocycles. The molecule has 1 unspecified atom stereocenters. The number of nitrogens with zero attached hydrogens (tertiary/aromatic N) is 1. The standard InChI is InChI=1S/C11H16F2N2S/c1-7(6-16-3)15(2)11-9(14)5-4-8(12)10(11)13/h4-5,7H,6,14H2,1-3H3. The Kier molecular flexibility index (Phi) is 4.41. The van der Waals surface area contributed by atoms with Gasteiger partial charge in [-0.15, -0.1) is 0 Å². The molecule has 0 aliphatic rings. The highest BCUT2D eigenvalue weighted by atomic mass is 32.2. The fraction of sp³-hybridized carbons (Fsp3) is 0.455. The molecule has 16 heavy (non-hydrogen) atoms. The van der Waals surface area contributed by atoms with Crippen LogP contribution in [0.25, 0.3) is 0 Å². The number of rotatable bonds is 4. The van der Waals surface area contributed by atoms with Crippen molar-refractivity contribution in [2.75, 3.05) is 29.7 Å². The normalized spacial score (nSPS) is 12.6. The van der Waals surface area contributed by atoms with Gasteiger partial charge in [-0.05, 0) is 25.3 Å². The molecule has 2 nitrogen and oxygen atoms in total. The van der Waals surface area contributed by atoms with Crippen LogP contribution in [-0.4, -0.2) is 25.1 Å². The summed E-state index contributed by atoms with van der Waals surface area (Å²) >= 11 is 1.65. The van der Waals surface area contributed by atoms with Gasteiger partial charge in [-0.2, -0.15) is 11.8 Å². The lowest BCUT2D eigenvalue weighted by Crippen LogP contribution is -2.32. The van der Waals surface area contributed by atoms with Crippen molar-refractivity contribution in [2.45, 2.75) is 13.0 Å². The molecule has 1 aromatic carbocycles. The number of nitrogens with two attached hydrogens (primary N) is 1. The first-order chi connectivity index (χ1) is 7.49. The highest BCUT2D eigenvalue weighted by Gasteiger charge is 2.19. The minimum Gasteiger partial charge on any atom is -0.397 e. The topological polar surface area (TPSA) is 29.3 Å². The summed E-state index contributed by atoms with van der Waals surface area (Å²) in [5.41, 5.74) is 6.07. The highest BCUT2D eigenvalue weighted by Crippen LogP contribution is 2.29. The van der Waals surface area contributed by atoms with Crippen LogP contribution >= 0.6 is 11.8 Å². The average molecular weight is 246 g/mol. The Labute approximate surface area is 98.8 Å². The van der Waals surface area contributed by atoms with Crippen molar-refractivity contribution in [3.8, 4) is 0 Å². The maximum Gasteiger partial charge on any atom is 0.184 e. The van der Waals surface area contributed by atoms with Crippen LogP contribution < -0.4 is 10.6 Å². The predicted molar refractivity (Wildman–Crippen MR) is 67.0 cm³/mol. The molecule has 0 bridgehead atoms. The van der Waals surface area contributed by atoms with E-state index in [0.29, 0.717) is 0 Å². The van der Waals surface area contributed by atoms with Gasteiger partial charge in [0.15, 0.2) is 11.6 Å². The van der Waals surface area contributed by atoms with Gasteiger partial charge in [0.25, 0.3) is 0 Å². The molecule has 2 N–H and O–H groups in total. The Morgan fingerprint density at radius 3 is 2.62 bits per heavy atom. The molecule has 1 aromatic rings. The van der Waals surface area contributed by atoms with Gasteiger partial charge in [0, 0.05) is 18.8 Å². The number of benzene rings is 1. The molecule has 0 radical (unpaired) electrons. The summed E-state index contributed by atoms with van der Waals surface area (Å²) in [4.78, 5) is 1.67. The number of nitrogen functional groups attached to an aromatic ring is 1. The zero-order chi connectivity index (χ0) is 12.3. The smallest absolute Gasteiger partial charge is 0.184 e. The average Bonchev–Trinajstić information content (AvgIpc) is 2.24. The monoisotopic (exact) mass is 246 g/mol. The SMILES string of the molecule is CSCC(C)N(C)c1c(N)ccc(F)c1F. The summed E-state index contributed by atoms with van der Waals surface area (Å²) < 4.78 is 26.7. The van der Waals surface area contributed by atoms with Crippen molar-refractivity contribution >= 4 is 23.1 Å². The molecule has 1 rings (SSSR count). The number of thioether (sulfide) groups is 1. The molecule has 0 aromatic heterocycles. The molecule has 5 heteroatoms. The molecule has 90 valence electrons. The van der Waals surface area contributed by atoms with Crippen LogP contribution in [0.3, 0.4) is 0 Å². The van der Waals surface area contributed by atoms with Gasteiger partial charge in [0.2, 0.25) is 0 Å². The molecule has 0 amide bonds. The molecular formula is C11H16F2N2S. The van der Waals surface area contributed by atoms with E-state index < -0.39 is 11.6 Å². The lowest BCUT2D eigenvalue weighted by atomic mass is 10.2. The summed E-state index contributed by atoms with van der Waals surface area (Å²) in [6.45, 7) is 1.94. The minimum atomic E-state index is -0.879. The number of hydrogen-bond acceptors (Lipinski definition) is 3. The van der Waals surface area contributed by atoms with E-state index >= 15 is 0 Å². The zero-order valence-electron chi connectivity index (χ0n) is 9.63. The molecule has 0 heterocycles. The summed E-state index contributed by atoms with van der Waals surface area (Å²) in [5.74, 6) is -0.922. The first-order valence-electron chi connectivity index (χ1n) is 4.94. The molecule has 0 saturated heterocycles. The van der Waals surface area contributed by atoms with Crippen LogP contribution in [0.1, 0.15) is 6.92 Å². The van der Waals surface area contributed by atoms with Gasteiger partial charge in [0.05, 0.1) is 11.4 Å². The molecule has 0 saturated carbocycles. The van der Waals surface area contributed by atoms with Crippen molar-refractivity contribution in [1.29, 1.82) is 0 Å². The summed E-state index contributed by atoms with van der Waals surface area (Å²) in [6, 6.07) is 2.52. The van der Waals surface area contributed by atoms with Gasteiger partial charge in [-0.3, -0.25) is 0 Å². The number of hydrogen-bond donors (Lipinski definition) is 1. The second kappa shape index (κ2) is 5.39. The fourth-order valence-electron chi connectivity index (χ4n) is 1.49. The second-order valence-corrected chi connectivity index (χ2v) is 4.63. The minimum absolute atomic E-state index is 0.0913. The van der Waals surface area contributed by atoms with E-state index in [1.807, 2.05) is 13.2 Å². The number of halogens is 2. The van der Waals surface area contributed by atoms with Crippen molar-refractivity contribution in [3.05, 3.63) is 23.8 Å². The lowest BCUT2D eigenvalue weighted by molar-refractivity contribution is 0.506. The Morgan fingerprint density at radius 2 is 2.06 bits per heavy atom. The molecule has 0 aliphatic carbocycles. The van der Waals surface area contributed by atoms with Crippen LogP contribution in [0.4, 0.5) is 20.2 Å². The predicted octanol–water partition coefficient (Wildman–Crippen LogP) is 2.73. The third kappa shape index (κ3) is 2.58. The van der Waals surface area contributed by atoms with Gasteiger partial charge >= 0.3 is 0 Å². The van der Waals surface area contributed by atoms with E-state index in [1.165, 1.54) is 6.07 Å². The lowest BCUT2D eigenvalue weighted by Gasteiger charge is -2.28. The third-order valence-corrected chi connectivity index (χ3v) is 3.34. The van der Waals surface area contributed by atoms with Gasteiger partial charge in [-0.1, -0.05) is 0 Å². The Morgan fingerprint density at radius 1 is 1.44 bits per heavy atom. The maximum atomic E-state index is 13.6. The summed E-state index contributed by atoms with van der Waals surface area (Å²) in [6.07, 6.45) is 1.97. The largest absolute Gasteiger partial charge is 0.397 e. The van der Waals surface area contributed by atoms with Crippen LogP contribution in [0.5, 0.6) is 0 Å². The van der Waals surface area contributed by atoms with Crippen LogP contribution in [0, 0.1) is 11.6 Å². The van der Waals surface area contributed by atoms with Crippen LogP contribution in [0.2, 0.25) is 0 Å². The van der Waals surface area contributed by atoms with E-state index in [2.05, 4.69) is 0 Å². The fourth-order valence-corrected chi connectivity index (χ4v) is 2.19. The van der Waals surface area contributed by atoms with Gasteiger partial charge in [0.1, 0.15) is 0 Å². The first kappa shape index (κ1) is 13.1. The number of anilines is 2. The van der Waals surface area contributed by atoms with E-state index in [0.717, 1.165) is 11.8 Å². The van der Waals surface area contributed by atoms with Crippen molar-refractivity contribution in [3.63, 3.8) is 0 Å². The van der Waals surface area contributed by atoms with Crippen molar-refractivity contribution in [2.24, 2.45) is 0 Å². The van der Waals surface area contributed by atoms with E-state index in [-0.39, 0.29) is 17.4 Å². The Bertz CT molecular complexity index is 371. The van der Waals surface area contributed by atoms with Crippen LogP contribution in [-0.2, 0) is 0 Å². The van der Waals surface area contributed by atoms with Gasteiger partial charge < -0.3 is 10.6 Å². The summed E-state index contributed by atoms with van der Waals surface area (Å²) in [5, 5.41) is 0. The molecule has 0 fully saturated rings. The van der Waals surface area contributed by atoms with E-state index in [1.54, 1.807) is 23.7 Å². The third-order valence-electron chi connectivity index (χ3n) is 2.52. The second-order valence-electron chi connectivity index (χ2n) is 3.71. The van der Waals surface area contributed by atoms with Crippen molar-refractivity contribution in [1.82, 2.24) is 0 Å². The maximum absolute atomic E-state index is 13.6. The Balaban J connectivity index is 3.07. The molecule has 0 spiro atoms.